The lowest BCUT2D eigenvalue weighted by molar-refractivity contribution is -0.114. The summed E-state index contributed by atoms with van der Waals surface area (Å²) in [5.74, 6) is -0.125. The van der Waals surface area contributed by atoms with Crippen LogP contribution in [0.3, 0.4) is 0 Å². The van der Waals surface area contributed by atoms with Crippen molar-refractivity contribution in [2.24, 2.45) is 0 Å². The van der Waals surface area contributed by atoms with Crippen LogP contribution < -0.4 is 5.32 Å². The second kappa shape index (κ2) is 4.89. The Labute approximate surface area is 112 Å². The number of nitrogens with zero attached hydrogens (tertiary/aromatic N) is 2. The van der Waals surface area contributed by atoms with E-state index in [0.717, 1.165) is 10.2 Å². The highest BCUT2D eigenvalue weighted by Gasteiger charge is 2.06. The topological polar surface area (TPSA) is 46.9 Å². The molecule has 1 aromatic carbocycles. The smallest absolute Gasteiger partial charge is 0.221 e. The van der Waals surface area contributed by atoms with Crippen LogP contribution in [-0.2, 0) is 4.79 Å². The van der Waals surface area contributed by atoms with Crippen LogP contribution in [0.4, 0.5) is 5.69 Å². The first-order valence-corrected chi connectivity index (χ1v) is 6.01. The Morgan fingerprint density at radius 1 is 1.53 bits per heavy atom. The summed E-state index contributed by atoms with van der Waals surface area (Å²) in [6.07, 6.45) is 3.32. The summed E-state index contributed by atoms with van der Waals surface area (Å²) >= 11 is 9.27. The number of anilines is 1. The lowest BCUT2D eigenvalue weighted by atomic mass is 10.3. The average molecular weight is 315 g/mol. The predicted molar refractivity (Wildman–Crippen MR) is 70.6 cm³/mol. The summed E-state index contributed by atoms with van der Waals surface area (Å²) in [7, 11) is 0. The number of carbonyl (C=O) groups excluding carboxylic acids is 1. The molecule has 0 unspecified atom stereocenters. The van der Waals surface area contributed by atoms with Crippen LogP contribution in [-0.4, -0.2) is 15.7 Å². The molecule has 2 aromatic rings. The van der Waals surface area contributed by atoms with Gasteiger partial charge in [-0.3, -0.25) is 4.79 Å². The normalized spacial score (nSPS) is 10.3. The Bertz CT molecular complexity index is 568. The van der Waals surface area contributed by atoms with E-state index < -0.39 is 0 Å². The Balaban J connectivity index is 2.33. The number of rotatable bonds is 2. The van der Waals surface area contributed by atoms with Crippen LogP contribution in [0.5, 0.6) is 0 Å². The zero-order valence-electron chi connectivity index (χ0n) is 8.95. The molecule has 2 rings (SSSR count). The fourth-order valence-electron chi connectivity index (χ4n) is 1.39. The number of amides is 1. The van der Waals surface area contributed by atoms with E-state index in [1.54, 1.807) is 29.2 Å². The van der Waals surface area contributed by atoms with Gasteiger partial charge in [0.05, 0.1) is 23.8 Å². The fraction of sp³-hybridized carbons (Fsp3) is 0.0909. The van der Waals surface area contributed by atoms with Crippen molar-refractivity contribution in [3.8, 4) is 5.69 Å². The van der Waals surface area contributed by atoms with Gasteiger partial charge in [0.1, 0.15) is 0 Å². The summed E-state index contributed by atoms with van der Waals surface area (Å²) in [4.78, 5) is 10.9. The van der Waals surface area contributed by atoms with Crippen molar-refractivity contribution in [1.82, 2.24) is 9.78 Å². The van der Waals surface area contributed by atoms with Gasteiger partial charge < -0.3 is 5.32 Å². The zero-order chi connectivity index (χ0) is 12.4. The fourth-order valence-corrected chi connectivity index (χ4v) is 2.25. The number of hydrogen-bond donors (Lipinski definition) is 1. The van der Waals surface area contributed by atoms with Crippen molar-refractivity contribution in [2.45, 2.75) is 6.92 Å². The summed E-state index contributed by atoms with van der Waals surface area (Å²) in [5, 5.41) is 7.47. The van der Waals surface area contributed by atoms with Gasteiger partial charge in [-0.2, -0.15) is 5.10 Å². The van der Waals surface area contributed by atoms with Crippen LogP contribution in [0, 0.1) is 0 Å². The molecule has 1 heterocycles. The maximum Gasteiger partial charge on any atom is 0.221 e. The molecule has 0 aliphatic heterocycles. The van der Waals surface area contributed by atoms with E-state index in [9.17, 15) is 4.79 Å². The number of halogens is 2. The molecule has 0 spiro atoms. The largest absolute Gasteiger partial charge is 0.324 e. The quantitative estimate of drug-likeness (QED) is 0.925. The first kappa shape index (κ1) is 12.1. The molecule has 0 aliphatic rings. The summed E-state index contributed by atoms with van der Waals surface area (Å²) in [5.41, 5.74) is 1.50. The van der Waals surface area contributed by atoms with Crippen LogP contribution in [0.15, 0.2) is 35.1 Å². The maximum atomic E-state index is 10.9. The molecule has 1 amide bonds. The molecule has 1 aromatic heterocycles. The lowest BCUT2D eigenvalue weighted by Crippen LogP contribution is -2.04. The third-order valence-corrected chi connectivity index (χ3v) is 2.93. The highest BCUT2D eigenvalue weighted by Crippen LogP contribution is 2.25. The number of benzene rings is 1. The average Bonchev–Trinajstić information content (AvgIpc) is 2.65. The second-order valence-corrected chi connectivity index (χ2v) is 4.74. The molecule has 0 fully saturated rings. The van der Waals surface area contributed by atoms with E-state index in [0.29, 0.717) is 10.7 Å². The van der Waals surface area contributed by atoms with Gasteiger partial charge in [0.2, 0.25) is 5.91 Å². The summed E-state index contributed by atoms with van der Waals surface area (Å²) < 4.78 is 2.49. The van der Waals surface area contributed by atoms with Crippen LogP contribution in [0.25, 0.3) is 5.69 Å². The minimum absolute atomic E-state index is 0.125. The number of carbonyl (C=O) groups is 1. The Morgan fingerprint density at radius 2 is 2.29 bits per heavy atom. The molecule has 4 nitrogen and oxygen atoms in total. The number of aromatic nitrogens is 2. The zero-order valence-corrected chi connectivity index (χ0v) is 11.3. The standard InChI is InChI=1S/C11H9BrClN3O/c1-7(17)15-9-5-14-16(6-9)11-3-2-8(13)4-10(11)12/h2-6H,1H3,(H,15,17). The molecule has 0 aliphatic carbocycles. The number of hydrogen-bond acceptors (Lipinski definition) is 2. The van der Waals surface area contributed by atoms with Gasteiger partial charge in [-0.25, -0.2) is 4.68 Å². The van der Waals surface area contributed by atoms with Crippen molar-refractivity contribution >= 4 is 39.1 Å². The van der Waals surface area contributed by atoms with Gasteiger partial charge in [0, 0.05) is 16.4 Å². The molecule has 0 radical (unpaired) electrons. The minimum Gasteiger partial charge on any atom is -0.324 e. The molecular weight excluding hydrogens is 305 g/mol. The molecule has 0 bridgehead atoms. The Kier molecular flexibility index (Phi) is 3.49. The molecular formula is C11H9BrClN3O. The third kappa shape index (κ3) is 2.87. The van der Waals surface area contributed by atoms with Gasteiger partial charge in [-0.15, -0.1) is 0 Å². The SMILES string of the molecule is CC(=O)Nc1cnn(-c2ccc(Cl)cc2Br)c1. The maximum absolute atomic E-state index is 10.9. The van der Waals surface area contributed by atoms with Crippen LogP contribution in [0.2, 0.25) is 5.02 Å². The Hall–Kier alpha value is -1.33. The third-order valence-electron chi connectivity index (χ3n) is 2.06. The molecule has 17 heavy (non-hydrogen) atoms. The van der Waals surface area contributed by atoms with E-state index in [1.165, 1.54) is 6.92 Å². The van der Waals surface area contributed by atoms with Gasteiger partial charge in [-0.1, -0.05) is 11.6 Å². The van der Waals surface area contributed by atoms with Crippen molar-refractivity contribution in [2.75, 3.05) is 5.32 Å². The van der Waals surface area contributed by atoms with E-state index in [-0.39, 0.29) is 5.91 Å². The van der Waals surface area contributed by atoms with E-state index in [4.69, 9.17) is 11.6 Å². The van der Waals surface area contributed by atoms with Crippen molar-refractivity contribution in [3.63, 3.8) is 0 Å². The lowest BCUT2D eigenvalue weighted by Gasteiger charge is -2.04. The van der Waals surface area contributed by atoms with Gasteiger partial charge in [-0.05, 0) is 34.1 Å². The predicted octanol–water partition coefficient (Wildman–Crippen LogP) is 3.25. The highest BCUT2D eigenvalue weighted by molar-refractivity contribution is 9.10. The summed E-state index contributed by atoms with van der Waals surface area (Å²) in [6.45, 7) is 1.45. The second-order valence-electron chi connectivity index (χ2n) is 3.45. The highest BCUT2D eigenvalue weighted by atomic mass is 79.9. The summed E-state index contributed by atoms with van der Waals surface area (Å²) in [6, 6.07) is 5.41. The monoisotopic (exact) mass is 313 g/mol. The van der Waals surface area contributed by atoms with Gasteiger partial charge >= 0.3 is 0 Å². The minimum atomic E-state index is -0.125. The first-order valence-electron chi connectivity index (χ1n) is 4.84. The van der Waals surface area contributed by atoms with Crippen LogP contribution in [0.1, 0.15) is 6.92 Å². The van der Waals surface area contributed by atoms with E-state index in [1.807, 2.05) is 6.07 Å². The first-order chi connectivity index (χ1) is 8.06. The Morgan fingerprint density at radius 3 is 2.94 bits per heavy atom. The van der Waals surface area contributed by atoms with E-state index in [2.05, 4.69) is 26.3 Å². The molecule has 88 valence electrons. The number of nitrogens with one attached hydrogen (secondary N) is 1. The van der Waals surface area contributed by atoms with Gasteiger partial charge in [0.15, 0.2) is 0 Å². The molecule has 1 N–H and O–H groups in total. The molecule has 0 saturated carbocycles. The van der Waals surface area contributed by atoms with Crippen molar-refractivity contribution in [1.29, 1.82) is 0 Å². The molecule has 0 saturated heterocycles. The molecule has 0 atom stereocenters. The van der Waals surface area contributed by atoms with E-state index >= 15 is 0 Å². The van der Waals surface area contributed by atoms with Gasteiger partial charge in [0.25, 0.3) is 0 Å². The molecule has 6 heteroatoms. The van der Waals surface area contributed by atoms with Crippen molar-refractivity contribution in [3.05, 3.63) is 40.1 Å². The van der Waals surface area contributed by atoms with Crippen LogP contribution >= 0.6 is 27.5 Å². The van der Waals surface area contributed by atoms with Crippen molar-refractivity contribution < 1.29 is 4.79 Å².